The topological polar surface area (TPSA) is 59.0 Å². The molecule has 4 rings (SSSR count). The molecule has 2 N–H and O–H groups in total. The summed E-state index contributed by atoms with van der Waals surface area (Å²) < 4.78 is 7.83. The van der Waals surface area contributed by atoms with Crippen molar-refractivity contribution in [2.45, 2.75) is 26.2 Å². The lowest BCUT2D eigenvalue weighted by molar-refractivity contribution is 0.298. The molecular formula is C17H19N3O2S. The Morgan fingerprint density at radius 3 is 2.96 bits per heavy atom. The number of ether oxygens (including phenoxy) is 1. The van der Waals surface area contributed by atoms with E-state index in [4.69, 9.17) is 17.0 Å². The van der Waals surface area contributed by atoms with Crippen LogP contribution in [-0.2, 0) is 6.42 Å². The SMILES string of the molecule is Cc1cc(-n2c(=S)[nH]c3c(c2=O)NCC3)ccc1OCC1CC1. The Kier molecular flexibility index (Phi) is 3.49. The van der Waals surface area contributed by atoms with Crippen molar-refractivity contribution in [2.75, 3.05) is 18.5 Å². The van der Waals surface area contributed by atoms with Crippen LogP contribution in [0.3, 0.4) is 0 Å². The molecule has 1 aromatic carbocycles. The number of hydrogen-bond donors (Lipinski definition) is 2. The van der Waals surface area contributed by atoms with E-state index in [9.17, 15) is 4.79 Å². The molecule has 120 valence electrons. The predicted molar refractivity (Wildman–Crippen MR) is 92.4 cm³/mol. The van der Waals surface area contributed by atoms with Crippen LogP contribution in [-0.4, -0.2) is 22.7 Å². The van der Waals surface area contributed by atoms with Gasteiger partial charge in [0.15, 0.2) is 4.77 Å². The van der Waals surface area contributed by atoms with E-state index in [0.29, 0.717) is 16.4 Å². The van der Waals surface area contributed by atoms with Crippen LogP contribution in [0.4, 0.5) is 5.69 Å². The molecule has 0 unspecified atom stereocenters. The summed E-state index contributed by atoms with van der Waals surface area (Å²) in [6.45, 7) is 3.55. The van der Waals surface area contributed by atoms with Crippen molar-refractivity contribution in [3.63, 3.8) is 0 Å². The van der Waals surface area contributed by atoms with E-state index in [1.165, 1.54) is 12.8 Å². The van der Waals surface area contributed by atoms with E-state index in [0.717, 1.165) is 42.3 Å². The number of aryl methyl sites for hydroxylation is 1. The molecule has 1 fully saturated rings. The molecule has 0 amide bonds. The maximum atomic E-state index is 12.7. The van der Waals surface area contributed by atoms with E-state index < -0.39 is 0 Å². The lowest BCUT2D eigenvalue weighted by Crippen LogP contribution is -2.23. The monoisotopic (exact) mass is 329 g/mol. The van der Waals surface area contributed by atoms with Crippen molar-refractivity contribution in [1.82, 2.24) is 9.55 Å². The van der Waals surface area contributed by atoms with E-state index in [-0.39, 0.29) is 5.56 Å². The molecule has 2 aliphatic rings. The highest BCUT2D eigenvalue weighted by atomic mass is 32.1. The van der Waals surface area contributed by atoms with Crippen molar-refractivity contribution in [3.05, 3.63) is 44.6 Å². The highest BCUT2D eigenvalue weighted by molar-refractivity contribution is 7.71. The summed E-state index contributed by atoms with van der Waals surface area (Å²) >= 11 is 5.38. The third-order valence-electron chi connectivity index (χ3n) is 4.44. The molecule has 0 spiro atoms. The van der Waals surface area contributed by atoms with Crippen LogP contribution in [0.5, 0.6) is 5.75 Å². The Labute approximate surface area is 139 Å². The first-order valence-corrected chi connectivity index (χ1v) is 8.40. The maximum Gasteiger partial charge on any atom is 0.282 e. The standard InChI is InChI=1S/C17H19N3O2S/c1-10-8-12(4-5-14(10)22-9-11-2-3-11)20-16(21)15-13(6-7-18-15)19-17(20)23/h4-5,8,11,18H,2-3,6-7,9H2,1H3,(H,19,23). The van der Waals surface area contributed by atoms with Gasteiger partial charge in [-0.1, -0.05) is 0 Å². The maximum absolute atomic E-state index is 12.7. The second-order valence-corrected chi connectivity index (χ2v) is 6.69. The average molecular weight is 329 g/mol. The van der Waals surface area contributed by atoms with Crippen LogP contribution in [0, 0.1) is 17.6 Å². The summed E-state index contributed by atoms with van der Waals surface area (Å²) in [6.07, 6.45) is 3.34. The molecule has 2 heterocycles. The number of aromatic amines is 1. The van der Waals surface area contributed by atoms with Crippen LogP contribution >= 0.6 is 12.2 Å². The van der Waals surface area contributed by atoms with Crippen LogP contribution < -0.4 is 15.6 Å². The lowest BCUT2D eigenvalue weighted by Gasteiger charge is -2.13. The van der Waals surface area contributed by atoms with Gasteiger partial charge >= 0.3 is 0 Å². The Hall–Kier alpha value is -2.08. The van der Waals surface area contributed by atoms with Gasteiger partial charge in [-0.3, -0.25) is 9.36 Å². The number of nitrogens with zero attached hydrogens (tertiary/aromatic N) is 1. The molecule has 0 bridgehead atoms. The Bertz CT molecular complexity index is 880. The third-order valence-corrected chi connectivity index (χ3v) is 4.73. The first-order valence-electron chi connectivity index (χ1n) is 7.99. The second-order valence-electron chi connectivity index (χ2n) is 6.31. The normalized spacial score (nSPS) is 16.0. The van der Waals surface area contributed by atoms with Crippen LogP contribution in [0.2, 0.25) is 0 Å². The highest BCUT2D eigenvalue weighted by Crippen LogP contribution is 2.30. The molecule has 0 atom stereocenters. The van der Waals surface area contributed by atoms with E-state index in [1.807, 2.05) is 25.1 Å². The number of aromatic nitrogens is 2. The molecule has 1 aliphatic carbocycles. The van der Waals surface area contributed by atoms with Gasteiger partial charge in [-0.05, 0) is 61.7 Å². The minimum Gasteiger partial charge on any atom is -0.493 e. The van der Waals surface area contributed by atoms with Crippen molar-refractivity contribution < 1.29 is 4.74 Å². The summed E-state index contributed by atoms with van der Waals surface area (Å²) in [5.41, 5.74) is 3.22. The molecule has 0 radical (unpaired) electrons. The molecule has 1 aromatic heterocycles. The van der Waals surface area contributed by atoms with E-state index in [2.05, 4.69) is 10.3 Å². The average Bonchev–Trinajstić information content (AvgIpc) is 3.23. The van der Waals surface area contributed by atoms with E-state index >= 15 is 0 Å². The summed E-state index contributed by atoms with van der Waals surface area (Å²) in [5.74, 6) is 1.59. The smallest absolute Gasteiger partial charge is 0.282 e. The third kappa shape index (κ3) is 2.67. The lowest BCUT2D eigenvalue weighted by atomic mass is 10.2. The van der Waals surface area contributed by atoms with Gasteiger partial charge in [0.1, 0.15) is 11.4 Å². The summed E-state index contributed by atoms with van der Waals surface area (Å²) in [5, 5.41) is 3.14. The Balaban J connectivity index is 1.72. The fourth-order valence-corrected chi connectivity index (χ4v) is 3.24. The molecular weight excluding hydrogens is 310 g/mol. The number of rotatable bonds is 4. The number of H-pyrrole nitrogens is 1. The largest absolute Gasteiger partial charge is 0.493 e. The summed E-state index contributed by atoms with van der Waals surface area (Å²) in [6, 6.07) is 5.77. The van der Waals surface area contributed by atoms with Gasteiger partial charge in [0.05, 0.1) is 12.3 Å². The minimum atomic E-state index is -0.0905. The summed E-state index contributed by atoms with van der Waals surface area (Å²) in [7, 11) is 0. The van der Waals surface area contributed by atoms with Gasteiger partial charge in [-0.25, -0.2) is 0 Å². The van der Waals surface area contributed by atoms with Crippen molar-refractivity contribution >= 4 is 17.9 Å². The van der Waals surface area contributed by atoms with Gasteiger partial charge in [-0.15, -0.1) is 0 Å². The van der Waals surface area contributed by atoms with Gasteiger partial charge in [0.25, 0.3) is 5.56 Å². The number of benzene rings is 1. The molecule has 5 nitrogen and oxygen atoms in total. The number of anilines is 1. The van der Waals surface area contributed by atoms with Crippen LogP contribution in [0.1, 0.15) is 24.1 Å². The quantitative estimate of drug-likeness (QED) is 0.847. The zero-order chi connectivity index (χ0) is 16.0. The molecule has 2 aromatic rings. The van der Waals surface area contributed by atoms with Crippen molar-refractivity contribution in [1.29, 1.82) is 0 Å². The van der Waals surface area contributed by atoms with Crippen molar-refractivity contribution in [2.24, 2.45) is 5.92 Å². The fourth-order valence-electron chi connectivity index (χ4n) is 2.92. The molecule has 0 saturated heterocycles. The highest BCUT2D eigenvalue weighted by Gasteiger charge is 2.22. The molecule has 1 aliphatic heterocycles. The Morgan fingerprint density at radius 2 is 2.22 bits per heavy atom. The summed E-state index contributed by atoms with van der Waals surface area (Å²) in [4.78, 5) is 15.8. The fraction of sp³-hybridized carbons (Fsp3) is 0.412. The van der Waals surface area contributed by atoms with Gasteiger partial charge in [0.2, 0.25) is 0 Å². The minimum absolute atomic E-state index is 0.0905. The molecule has 1 saturated carbocycles. The number of hydrogen-bond acceptors (Lipinski definition) is 4. The van der Waals surface area contributed by atoms with Crippen molar-refractivity contribution in [3.8, 4) is 11.4 Å². The zero-order valence-corrected chi connectivity index (χ0v) is 13.8. The predicted octanol–water partition coefficient (Wildman–Crippen LogP) is 2.96. The second kappa shape index (κ2) is 5.53. The first-order chi connectivity index (χ1) is 11.1. The van der Waals surface area contributed by atoms with Crippen LogP contribution in [0.15, 0.2) is 23.0 Å². The number of fused-ring (bicyclic) bond motifs is 1. The van der Waals surface area contributed by atoms with Gasteiger partial charge in [0, 0.05) is 18.7 Å². The first kappa shape index (κ1) is 14.5. The Morgan fingerprint density at radius 1 is 1.39 bits per heavy atom. The van der Waals surface area contributed by atoms with Gasteiger partial charge in [-0.2, -0.15) is 0 Å². The molecule has 23 heavy (non-hydrogen) atoms. The van der Waals surface area contributed by atoms with Crippen LogP contribution in [0.25, 0.3) is 5.69 Å². The molecule has 6 heteroatoms. The zero-order valence-electron chi connectivity index (χ0n) is 13.0. The van der Waals surface area contributed by atoms with E-state index in [1.54, 1.807) is 4.57 Å². The van der Waals surface area contributed by atoms with Gasteiger partial charge < -0.3 is 15.0 Å². The number of nitrogens with one attached hydrogen (secondary N) is 2.